The monoisotopic (exact) mass is 416 g/mol. The van der Waals surface area contributed by atoms with Crippen molar-refractivity contribution in [2.24, 2.45) is 0 Å². The van der Waals surface area contributed by atoms with Crippen LogP contribution in [0.3, 0.4) is 0 Å². The molecule has 1 aromatic heterocycles. The Bertz CT molecular complexity index is 1230. The Labute approximate surface area is 180 Å². The molecule has 6 heteroatoms. The lowest BCUT2D eigenvalue weighted by Gasteiger charge is -2.13. The van der Waals surface area contributed by atoms with E-state index in [1.54, 1.807) is 6.26 Å². The van der Waals surface area contributed by atoms with Crippen LogP contribution in [-0.2, 0) is 27.3 Å². The molecule has 0 fully saturated rings. The second-order valence-corrected chi connectivity index (χ2v) is 7.60. The third kappa shape index (κ3) is 4.69. The first kappa shape index (κ1) is 20.5. The third-order valence-corrected chi connectivity index (χ3v) is 5.18. The van der Waals surface area contributed by atoms with Crippen molar-refractivity contribution in [3.05, 3.63) is 78.1 Å². The first-order valence-corrected chi connectivity index (χ1v) is 10.1. The van der Waals surface area contributed by atoms with Crippen molar-refractivity contribution in [1.82, 2.24) is 5.32 Å². The first-order valence-electron chi connectivity index (χ1n) is 10.1. The van der Waals surface area contributed by atoms with Crippen molar-refractivity contribution in [2.45, 2.75) is 13.0 Å². The quantitative estimate of drug-likeness (QED) is 0.460. The second-order valence-electron chi connectivity index (χ2n) is 7.60. The molecule has 1 amide bonds. The van der Waals surface area contributed by atoms with E-state index in [-0.39, 0.29) is 18.9 Å². The van der Waals surface area contributed by atoms with Crippen LogP contribution >= 0.6 is 0 Å². The molecule has 0 radical (unpaired) electrons. The first-order chi connectivity index (χ1) is 15.0. The number of fused-ring (bicyclic) bond motifs is 3. The molecule has 6 nitrogen and oxygen atoms in total. The molecule has 0 unspecified atom stereocenters. The fourth-order valence-corrected chi connectivity index (χ4v) is 3.52. The van der Waals surface area contributed by atoms with Crippen LogP contribution in [0.15, 0.2) is 71.3 Å². The lowest BCUT2D eigenvalue weighted by atomic mass is 10.0. The van der Waals surface area contributed by atoms with Gasteiger partial charge < -0.3 is 19.4 Å². The summed E-state index contributed by atoms with van der Waals surface area (Å²) in [4.78, 5) is 26.4. The third-order valence-electron chi connectivity index (χ3n) is 5.18. The number of rotatable bonds is 7. The number of carbonyl (C=O) groups is 2. The fraction of sp³-hybridized carbons (Fsp3) is 0.200. The van der Waals surface area contributed by atoms with Gasteiger partial charge in [0, 0.05) is 37.3 Å². The van der Waals surface area contributed by atoms with Gasteiger partial charge >= 0.3 is 5.97 Å². The van der Waals surface area contributed by atoms with E-state index in [0.717, 1.165) is 38.6 Å². The minimum atomic E-state index is -0.471. The summed E-state index contributed by atoms with van der Waals surface area (Å²) < 4.78 is 10.8. The molecular weight excluding hydrogens is 392 g/mol. The van der Waals surface area contributed by atoms with Gasteiger partial charge in [-0.3, -0.25) is 9.59 Å². The number of anilines is 1. The number of hydrogen-bond acceptors (Lipinski definition) is 5. The molecule has 158 valence electrons. The zero-order valence-corrected chi connectivity index (χ0v) is 17.6. The van der Waals surface area contributed by atoms with E-state index in [0.29, 0.717) is 6.54 Å². The molecule has 0 atom stereocenters. The number of benzene rings is 3. The summed E-state index contributed by atoms with van der Waals surface area (Å²) in [5.74, 6) is -0.811. The Balaban J connectivity index is 1.32. The van der Waals surface area contributed by atoms with Crippen LogP contribution in [0.1, 0.15) is 11.1 Å². The maximum absolute atomic E-state index is 12.3. The van der Waals surface area contributed by atoms with Crippen molar-refractivity contribution < 1.29 is 18.7 Å². The van der Waals surface area contributed by atoms with Gasteiger partial charge in [0.1, 0.15) is 5.58 Å². The Morgan fingerprint density at radius 2 is 1.77 bits per heavy atom. The maximum Gasteiger partial charge on any atom is 0.310 e. The number of ether oxygens (including phenoxy) is 1. The SMILES string of the molecule is CN(C)c1ccc(CNC(=O)COC(=O)Cc2coc3ccc4ccccc4c23)cc1. The standard InChI is InChI=1S/C25H24N2O4/c1-27(2)20-10-7-17(8-11-20)14-26-23(28)16-31-24(29)13-19-15-30-22-12-9-18-5-3-4-6-21(18)25(19)22/h3-12,15H,13-14,16H2,1-2H3,(H,26,28). The molecule has 3 aromatic carbocycles. The smallest absolute Gasteiger partial charge is 0.310 e. The van der Waals surface area contributed by atoms with Crippen LogP contribution < -0.4 is 10.2 Å². The average Bonchev–Trinajstić information content (AvgIpc) is 3.19. The average molecular weight is 416 g/mol. The molecule has 4 rings (SSSR count). The molecule has 0 aliphatic heterocycles. The highest BCUT2D eigenvalue weighted by molar-refractivity contribution is 6.08. The Kier molecular flexibility index (Phi) is 5.89. The molecule has 0 saturated heterocycles. The van der Waals surface area contributed by atoms with E-state index in [1.807, 2.05) is 79.7 Å². The number of furan rings is 1. The number of hydrogen-bond donors (Lipinski definition) is 1. The number of esters is 1. The van der Waals surface area contributed by atoms with Gasteiger partial charge in [-0.05, 0) is 34.5 Å². The van der Waals surface area contributed by atoms with Gasteiger partial charge in [-0.15, -0.1) is 0 Å². The van der Waals surface area contributed by atoms with Crippen LogP contribution in [0, 0.1) is 0 Å². The van der Waals surface area contributed by atoms with Crippen LogP contribution in [-0.4, -0.2) is 32.6 Å². The van der Waals surface area contributed by atoms with E-state index < -0.39 is 5.97 Å². The minimum absolute atomic E-state index is 0.0419. The van der Waals surface area contributed by atoms with Crippen molar-refractivity contribution in [1.29, 1.82) is 0 Å². The van der Waals surface area contributed by atoms with E-state index in [1.165, 1.54) is 0 Å². The predicted molar refractivity (Wildman–Crippen MR) is 121 cm³/mol. The predicted octanol–water partition coefficient (Wildman–Crippen LogP) is 4.05. The van der Waals surface area contributed by atoms with Crippen molar-refractivity contribution in [2.75, 3.05) is 25.6 Å². The molecule has 4 aromatic rings. The number of nitrogens with one attached hydrogen (secondary N) is 1. The van der Waals surface area contributed by atoms with Crippen molar-refractivity contribution in [3.63, 3.8) is 0 Å². The van der Waals surface area contributed by atoms with E-state index in [4.69, 9.17) is 9.15 Å². The molecule has 0 bridgehead atoms. The summed E-state index contributed by atoms with van der Waals surface area (Å²) in [5.41, 5.74) is 3.53. The van der Waals surface area contributed by atoms with Gasteiger partial charge in [0.05, 0.1) is 12.7 Å². The van der Waals surface area contributed by atoms with Gasteiger partial charge in [0.25, 0.3) is 5.91 Å². The summed E-state index contributed by atoms with van der Waals surface area (Å²) in [7, 11) is 3.94. The fourth-order valence-electron chi connectivity index (χ4n) is 3.52. The lowest BCUT2D eigenvalue weighted by molar-refractivity contribution is -0.147. The van der Waals surface area contributed by atoms with Crippen LogP contribution in [0.2, 0.25) is 0 Å². The molecule has 0 aliphatic rings. The molecule has 1 N–H and O–H groups in total. The van der Waals surface area contributed by atoms with Crippen LogP contribution in [0.5, 0.6) is 0 Å². The highest BCUT2D eigenvalue weighted by Crippen LogP contribution is 2.30. The van der Waals surface area contributed by atoms with Gasteiger partial charge in [-0.25, -0.2) is 0 Å². The van der Waals surface area contributed by atoms with E-state index >= 15 is 0 Å². The Morgan fingerprint density at radius 1 is 1.00 bits per heavy atom. The summed E-state index contributed by atoms with van der Waals surface area (Å²) in [5, 5.41) is 5.77. The van der Waals surface area contributed by atoms with Crippen molar-refractivity contribution in [3.8, 4) is 0 Å². The van der Waals surface area contributed by atoms with E-state index in [2.05, 4.69) is 5.32 Å². The van der Waals surface area contributed by atoms with E-state index in [9.17, 15) is 9.59 Å². The normalized spacial score (nSPS) is 10.9. The minimum Gasteiger partial charge on any atom is -0.464 e. The molecule has 31 heavy (non-hydrogen) atoms. The second kappa shape index (κ2) is 8.92. The van der Waals surface area contributed by atoms with Gasteiger partial charge in [0.2, 0.25) is 0 Å². The zero-order valence-electron chi connectivity index (χ0n) is 17.6. The Hall–Kier alpha value is -3.80. The topological polar surface area (TPSA) is 71.8 Å². The summed E-state index contributed by atoms with van der Waals surface area (Å²) >= 11 is 0. The highest BCUT2D eigenvalue weighted by Gasteiger charge is 2.15. The molecule has 0 saturated carbocycles. The number of amides is 1. The molecule has 0 aliphatic carbocycles. The maximum atomic E-state index is 12.3. The lowest BCUT2D eigenvalue weighted by Crippen LogP contribution is -2.28. The van der Waals surface area contributed by atoms with Crippen molar-refractivity contribution >= 4 is 39.3 Å². The molecule has 1 heterocycles. The molecular formula is C25H24N2O4. The van der Waals surface area contributed by atoms with Crippen LogP contribution in [0.25, 0.3) is 21.7 Å². The summed E-state index contributed by atoms with van der Waals surface area (Å²) in [6, 6.07) is 19.7. The Morgan fingerprint density at radius 3 is 2.55 bits per heavy atom. The largest absolute Gasteiger partial charge is 0.464 e. The molecule has 0 spiro atoms. The van der Waals surface area contributed by atoms with Gasteiger partial charge in [-0.1, -0.05) is 42.5 Å². The number of nitrogens with zero attached hydrogens (tertiary/aromatic N) is 1. The van der Waals surface area contributed by atoms with Gasteiger partial charge in [-0.2, -0.15) is 0 Å². The summed E-state index contributed by atoms with van der Waals surface area (Å²) in [6.45, 7) is 0.0631. The zero-order chi connectivity index (χ0) is 21.8. The summed E-state index contributed by atoms with van der Waals surface area (Å²) in [6.07, 6.45) is 1.62. The van der Waals surface area contributed by atoms with Gasteiger partial charge in [0.15, 0.2) is 6.61 Å². The highest BCUT2D eigenvalue weighted by atomic mass is 16.5. The van der Waals surface area contributed by atoms with Crippen LogP contribution in [0.4, 0.5) is 5.69 Å². The number of carbonyl (C=O) groups excluding carboxylic acids is 2.